The van der Waals surface area contributed by atoms with Gasteiger partial charge in [-0.05, 0) is 12.1 Å². The quantitative estimate of drug-likeness (QED) is 0.362. The van der Waals surface area contributed by atoms with Crippen LogP contribution >= 0.6 is 0 Å². The summed E-state index contributed by atoms with van der Waals surface area (Å²) in [5.74, 6) is -0.245. The molecule has 1 heterocycles. The molecule has 0 spiro atoms. The zero-order valence-corrected chi connectivity index (χ0v) is 9.80. The zero-order chi connectivity index (χ0) is 14.0. The molecule has 2 rings (SSSR count). The monoisotopic (exact) mass is 263 g/mol. The lowest BCUT2D eigenvalue weighted by molar-refractivity contribution is -0.384. The van der Waals surface area contributed by atoms with Crippen molar-refractivity contribution in [1.82, 2.24) is 10.6 Å². The van der Waals surface area contributed by atoms with Gasteiger partial charge in [0.15, 0.2) is 0 Å². The van der Waals surface area contributed by atoms with Crippen molar-refractivity contribution < 1.29 is 19.2 Å². The van der Waals surface area contributed by atoms with Gasteiger partial charge in [-0.15, -0.1) is 0 Å². The van der Waals surface area contributed by atoms with E-state index in [0.717, 1.165) is 0 Å². The number of methoxy groups -OCH3 is 1. The van der Waals surface area contributed by atoms with Gasteiger partial charge in [0.2, 0.25) is 0 Å². The van der Waals surface area contributed by atoms with Crippen LogP contribution in [0.5, 0.6) is 5.75 Å². The van der Waals surface area contributed by atoms with E-state index < -0.39 is 16.9 Å². The van der Waals surface area contributed by atoms with Crippen LogP contribution in [-0.4, -0.2) is 24.0 Å². The first kappa shape index (κ1) is 12.6. The molecule has 0 aromatic heterocycles. The van der Waals surface area contributed by atoms with Crippen molar-refractivity contribution in [2.45, 2.75) is 0 Å². The van der Waals surface area contributed by atoms with Crippen LogP contribution in [0, 0.1) is 10.1 Å². The zero-order valence-electron chi connectivity index (χ0n) is 9.80. The van der Waals surface area contributed by atoms with Crippen LogP contribution in [0.1, 0.15) is 5.56 Å². The van der Waals surface area contributed by atoms with Gasteiger partial charge in [-0.25, -0.2) is 4.79 Å². The number of nitrogens with one attached hydrogen (secondary N) is 2. The number of imide groups is 1. The van der Waals surface area contributed by atoms with Gasteiger partial charge in [0.05, 0.1) is 12.0 Å². The summed E-state index contributed by atoms with van der Waals surface area (Å²) in [5.41, 5.74) is 0.185. The van der Waals surface area contributed by atoms with Gasteiger partial charge in [-0.1, -0.05) is 0 Å². The van der Waals surface area contributed by atoms with E-state index in [4.69, 9.17) is 4.74 Å². The van der Waals surface area contributed by atoms with E-state index in [1.807, 2.05) is 5.32 Å². The number of benzene rings is 1. The highest BCUT2D eigenvalue weighted by atomic mass is 16.6. The number of non-ortho nitro benzene ring substituents is 1. The minimum atomic E-state index is -0.638. The minimum Gasteiger partial charge on any atom is -0.496 e. The van der Waals surface area contributed by atoms with Crippen LogP contribution in [0.3, 0.4) is 0 Å². The Kier molecular flexibility index (Phi) is 3.15. The Bertz CT molecular complexity index is 608. The average Bonchev–Trinajstić information content (AvgIpc) is 2.67. The minimum absolute atomic E-state index is 0.00352. The molecule has 8 nitrogen and oxygen atoms in total. The van der Waals surface area contributed by atoms with Crippen LogP contribution in [0.4, 0.5) is 10.5 Å². The van der Waals surface area contributed by atoms with Gasteiger partial charge in [-0.2, -0.15) is 0 Å². The topological polar surface area (TPSA) is 111 Å². The lowest BCUT2D eigenvalue weighted by atomic mass is 10.1. The van der Waals surface area contributed by atoms with Crippen molar-refractivity contribution in [2.24, 2.45) is 0 Å². The number of carbonyl (C=O) groups is 2. The number of nitrogens with zero attached hydrogens (tertiary/aromatic N) is 1. The molecule has 0 bridgehead atoms. The van der Waals surface area contributed by atoms with Crippen molar-refractivity contribution in [3.63, 3.8) is 0 Å². The SMILES string of the molecule is COc1ccc([N+](=O)[O-])cc1/C=C1\NC(=O)NC1=O. The third kappa shape index (κ3) is 2.51. The molecule has 1 aliphatic rings. The fraction of sp³-hybridized carbons (Fsp3) is 0.0909. The van der Waals surface area contributed by atoms with Gasteiger partial charge >= 0.3 is 6.03 Å². The molecule has 3 amide bonds. The van der Waals surface area contributed by atoms with Crippen molar-refractivity contribution >= 4 is 23.7 Å². The molecule has 0 atom stereocenters. The van der Waals surface area contributed by atoms with E-state index in [-0.39, 0.29) is 11.4 Å². The Labute approximate surface area is 107 Å². The molecule has 0 radical (unpaired) electrons. The van der Waals surface area contributed by atoms with Crippen LogP contribution in [0.15, 0.2) is 23.9 Å². The summed E-state index contributed by atoms with van der Waals surface area (Å²) in [4.78, 5) is 32.5. The van der Waals surface area contributed by atoms with Crippen molar-refractivity contribution in [3.8, 4) is 5.75 Å². The average molecular weight is 263 g/mol. The second-order valence-electron chi connectivity index (χ2n) is 3.65. The maximum Gasteiger partial charge on any atom is 0.326 e. The summed E-state index contributed by atoms with van der Waals surface area (Å²) < 4.78 is 5.04. The maximum atomic E-state index is 11.4. The summed E-state index contributed by atoms with van der Waals surface area (Å²) in [6.07, 6.45) is 1.31. The third-order valence-corrected chi connectivity index (χ3v) is 2.44. The number of amides is 3. The summed E-state index contributed by atoms with van der Waals surface area (Å²) in [6, 6.07) is 3.32. The number of urea groups is 1. The fourth-order valence-electron chi connectivity index (χ4n) is 1.59. The predicted molar refractivity (Wildman–Crippen MR) is 64.3 cm³/mol. The molecule has 1 aromatic carbocycles. The van der Waals surface area contributed by atoms with Crippen molar-refractivity contribution in [1.29, 1.82) is 0 Å². The highest BCUT2D eigenvalue weighted by Crippen LogP contribution is 2.26. The first-order valence-corrected chi connectivity index (χ1v) is 5.17. The van der Waals surface area contributed by atoms with Gasteiger partial charge in [0.25, 0.3) is 11.6 Å². The number of nitro groups is 1. The summed E-state index contributed by atoms with van der Waals surface area (Å²) >= 11 is 0. The Morgan fingerprint density at radius 1 is 1.32 bits per heavy atom. The molecule has 1 aromatic rings. The lowest BCUT2D eigenvalue weighted by Crippen LogP contribution is -2.22. The molecule has 1 fully saturated rings. The van der Waals surface area contributed by atoms with Crippen LogP contribution in [0.2, 0.25) is 0 Å². The number of hydrogen-bond acceptors (Lipinski definition) is 5. The highest BCUT2D eigenvalue weighted by molar-refractivity contribution is 6.14. The molecule has 8 heteroatoms. The smallest absolute Gasteiger partial charge is 0.326 e. The molecule has 1 saturated heterocycles. The maximum absolute atomic E-state index is 11.4. The van der Waals surface area contributed by atoms with E-state index in [0.29, 0.717) is 11.3 Å². The Balaban J connectivity index is 2.45. The summed E-state index contributed by atoms with van der Waals surface area (Å²) in [7, 11) is 1.40. The van der Waals surface area contributed by atoms with Crippen LogP contribution in [-0.2, 0) is 4.79 Å². The number of carbonyl (C=O) groups excluding carboxylic acids is 2. The molecule has 0 saturated carbocycles. The van der Waals surface area contributed by atoms with E-state index in [1.165, 1.54) is 31.4 Å². The van der Waals surface area contributed by atoms with Crippen LogP contribution in [0.25, 0.3) is 6.08 Å². The summed E-state index contributed by atoms with van der Waals surface area (Å²) in [6.45, 7) is 0. The predicted octanol–water partition coefficient (Wildman–Crippen LogP) is 0.784. The van der Waals surface area contributed by atoms with Gasteiger partial charge in [0, 0.05) is 17.7 Å². The van der Waals surface area contributed by atoms with E-state index >= 15 is 0 Å². The lowest BCUT2D eigenvalue weighted by Gasteiger charge is -2.04. The number of nitro benzene ring substituents is 1. The Morgan fingerprint density at radius 3 is 2.58 bits per heavy atom. The van der Waals surface area contributed by atoms with E-state index in [2.05, 4.69) is 5.32 Å². The second-order valence-corrected chi connectivity index (χ2v) is 3.65. The molecular formula is C11H9N3O5. The molecule has 19 heavy (non-hydrogen) atoms. The van der Waals surface area contributed by atoms with E-state index in [9.17, 15) is 19.7 Å². The molecule has 0 aliphatic carbocycles. The Hall–Kier alpha value is -2.90. The fourth-order valence-corrected chi connectivity index (χ4v) is 1.59. The third-order valence-electron chi connectivity index (χ3n) is 2.44. The van der Waals surface area contributed by atoms with E-state index in [1.54, 1.807) is 0 Å². The number of rotatable bonds is 3. The van der Waals surface area contributed by atoms with Crippen molar-refractivity contribution in [3.05, 3.63) is 39.6 Å². The molecule has 98 valence electrons. The van der Waals surface area contributed by atoms with Gasteiger partial charge in [0.1, 0.15) is 11.4 Å². The van der Waals surface area contributed by atoms with Crippen molar-refractivity contribution in [2.75, 3.05) is 7.11 Å². The highest BCUT2D eigenvalue weighted by Gasteiger charge is 2.23. The van der Waals surface area contributed by atoms with Gasteiger partial charge < -0.3 is 10.1 Å². The second kappa shape index (κ2) is 4.77. The number of ether oxygens (including phenoxy) is 1. The first-order valence-electron chi connectivity index (χ1n) is 5.17. The standard InChI is InChI=1S/C11H9N3O5/c1-19-9-3-2-7(14(17)18)4-6(9)5-8-10(15)13-11(16)12-8/h2-5H,1H3,(H2,12,13,15,16)/b8-5-. The van der Waals surface area contributed by atoms with Crippen LogP contribution < -0.4 is 15.4 Å². The first-order chi connectivity index (χ1) is 9.01. The molecule has 1 aliphatic heterocycles. The normalized spacial score (nSPS) is 16.2. The molecule has 2 N–H and O–H groups in total. The largest absolute Gasteiger partial charge is 0.496 e. The molecule has 0 unspecified atom stereocenters. The molecular weight excluding hydrogens is 254 g/mol. The Morgan fingerprint density at radius 2 is 2.05 bits per heavy atom. The van der Waals surface area contributed by atoms with Gasteiger partial charge in [-0.3, -0.25) is 20.2 Å². The number of hydrogen-bond donors (Lipinski definition) is 2. The summed E-state index contributed by atoms with van der Waals surface area (Å²) in [5, 5.41) is 15.0.